The number of primary amides is 1. The molecule has 104 valence electrons. The lowest BCUT2D eigenvalue weighted by Gasteiger charge is -2.15. The fourth-order valence-corrected chi connectivity index (χ4v) is 2.44. The van der Waals surface area contributed by atoms with Crippen LogP contribution in [-0.2, 0) is 4.79 Å². The standard InChI is InChI=1S/C14H22N4O/c1-11-3-2-4-14(17-11)16-9-12-5-7-18(10-12)8-6-13(15)19/h2-4,12H,5-10H2,1H3,(H2,15,19)(H,16,17)/t12-/m1/s1. The normalized spacial score (nSPS) is 19.5. The van der Waals surface area contributed by atoms with Crippen molar-refractivity contribution in [2.24, 2.45) is 11.7 Å². The van der Waals surface area contributed by atoms with E-state index in [-0.39, 0.29) is 5.91 Å². The first-order valence-corrected chi connectivity index (χ1v) is 6.81. The van der Waals surface area contributed by atoms with E-state index in [1.807, 2.05) is 25.1 Å². The van der Waals surface area contributed by atoms with E-state index < -0.39 is 0 Å². The summed E-state index contributed by atoms with van der Waals surface area (Å²) >= 11 is 0. The number of anilines is 1. The molecule has 0 unspecified atom stereocenters. The van der Waals surface area contributed by atoms with Gasteiger partial charge in [-0.2, -0.15) is 0 Å². The minimum atomic E-state index is -0.217. The highest BCUT2D eigenvalue weighted by Gasteiger charge is 2.22. The van der Waals surface area contributed by atoms with Crippen LogP contribution in [0.4, 0.5) is 5.82 Å². The summed E-state index contributed by atoms with van der Waals surface area (Å²) < 4.78 is 0. The number of rotatable bonds is 6. The van der Waals surface area contributed by atoms with Crippen LogP contribution in [-0.4, -0.2) is 42.0 Å². The number of aryl methyl sites for hydroxylation is 1. The van der Waals surface area contributed by atoms with Crippen LogP contribution in [0, 0.1) is 12.8 Å². The second-order valence-electron chi connectivity index (χ2n) is 5.22. The van der Waals surface area contributed by atoms with Crippen LogP contribution in [0.5, 0.6) is 0 Å². The Balaban J connectivity index is 1.72. The van der Waals surface area contributed by atoms with Crippen molar-refractivity contribution >= 4 is 11.7 Å². The van der Waals surface area contributed by atoms with Crippen molar-refractivity contribution in [3.05, 3.63) is 23.9 Å². The summed E-state index contributed by atoms with van der Waals surface area (Å²) in [5, 5.41) is 3.38. The zero-order valence-corrected chi connectivity index (χ0v) is 11.4. The van der Waals surface area contributed by atoms with Crippen LogP contribution < -0.4 is 11.1 Å². The number of hydrogen-bond donors (Lipinski definition) is 2. The third-order valence-electron chi connectivity index (χ3n) is 3.50. The van der Waals surface area contributed by atoms with Crippen LogP contribution in [0.1, 0.15) is 18.5 Å². The predicted octanol–water partition coefficient (Wildman–Crippen LogP) is 0.999. The third-order valence-corrected chi connectivity index (χ3v) is 3.50. The molecule has 1 amide bonds. The molecule has 1 aromatic rings. The first-order valence-electron chi connectivity index (χ1n) is 6.81. The molecule has 1 aromatic heterocycles. The summed E-state index contributed by atoms with van der Waals surface area (Å²) in [6.45, 7) is 5.80. The highest BCUT2D eigenvalue weighted by molar-refractivity contribution is 5.73. The summed E-state index contributed by atoms with van der Waals surface area (Å²) in [6, 6.07) is 6.00. The van der Waals surface area contributed by atoms with E-state index in [9.17, 15) is 4.79 Å². The van der Waals surface area contributed by atoms with Crippen molar-refractivity contribution < 1.29 is 4.79 Å². The molecule has 1 aliphatic heterocycles. The number of aromatic nitrogens is 1. The molecule has 0 saturated carbocycles. The maximum Gasteiger partial charge on any atom is 0.218 e. The van der Waals surface area contributed by atoms with Gasteiger partial charge in [-0.25, -0.2) is 4.98 Å². The Labute approximate surface area is 114 Å². The van der Waals surface area contributed by atoms with E-state index in [1.54, 1.807) is 0 Å². The molecule has 5 heteroatoms. The van der Waals surface area contributed by atoms with Gasteiger partial charge in [0.15, 0.2) is 0 Å². The maximum absolute atomic E-state index is 10.8. The summed E-state index contributed by atoms with van der Waals surface area (Å²) in [4.78, 5) is 17.5. The largest absolute Gasteiger partial charge is 0.370 e. The van der Waals surface area contributed by atoms with Crippen molar-refractivity contribution in [2.75, 3.05) is 31.5 Å². The Morgan fingerprint density at radius 3 is 3.16 bits per heavy atom. The quantitative estimate of drug-likeness (QED) is 0.802. The molecule has 1 saturated heterocycles. The second kappa shape index (κ2) is 6.52. The molecular formula is C14H22N4O. The van der Waals surface area contributed by atoms with E-state index in [0.29, 0.717) is 12.3 Å². The molecule has 19 heavy (non-hydrogen) atoms. The summed E-state index contributed by atoms with van der Waals surface area (Å²) in [5.74, 6) is 1.34. The van der Waals surface area contributed by atoms with E-state index in [4.69, 9.17) is 5.73 Å². The molecule has 0 bridgehead atoms. The molecule has 0 radical (unpaired) electrons. The number of nitrogens with one attached hydrogen (secondary N) is 1. The number of likely N-dealkylation sites (tertiary alicyclic amines) is 1. The Morgan fingerprint density at radius 1 is 1.58 bits per heavy atom. The summed E-state index contributed by atoms with van der Waals surface area (Å²) in [6.07, 6.45) is 1.62. The smallest absolute Gasteiger partial charge is 0.218 e. The molecule has 5 nitrogen and oxygen atoms in total. The topological polar surface area (TPSA) is 71.2 Å². The lowest BCUT2D eigenvalue weighted by Crippen LogP contribution is -2.27. The molecule has 3 N–H and O–H groups in total. The average molecular weight is 262 g/mol. The zero-order chi connectivity index (χ0) is 13.7. The first-order chi connectivity index (χ1) is 9.13. The fourth-order valence-electron chi connectivity index (χ4n) is 2.44. The maximum atomic E-state index is 10.8. The number of pyridine rings is 1. The van der Waals surface area contributed by atoms with Crippen molar-refractivity contribution in [3.8, 4) is 0 Å². The number of nitrogens with two attached hydrogens (primary N) is 1. The molecular weight excluding hydrogens is 240 g/mol. The summed E-state index contributed by atoms with van der Waals surface area (Å²) in [5.41, 5.74) is 6.20. The van der Waals surface area contributed by atoms with E-state index in [0.717, 1.165) is 44.1 Å². The van der Waals surface area contributed by atoms with Gasteiger partial charge < -0.3 is 16.0 Å². The van der Waals surface area contributed by atoms with Gasteiger partial charge in [-0.3, -0.25) is 4.79 Å². The SMILES string of the molecule is Cc1cccc(NC[C@H]2CCN(CCC(N)=O)C2)n1. The second-order valence-corrected chi connectivity index (χ2v) is 5.22. The van der Waals surface area contributed by atoms with Gasteiger partial charge >= 0.3 is 0 Å². The predicted molar refractivity (Wildman–Crippen MR) is 75.8 cm³/mol. The van der Waals surface area contributed by atoms with Gasteiger partial charge in [0.2, 0.25) is 5.91 Å². The van der Waals surface area contributed by atoms with E-state index in [1.165, 1.54) is 0 Å². The number of amides is 1. The molecule has 1 fully saturated rings. The van der Waals surface area contributed by atoms with Crippen LogP contribution in [0.2, 0.25) is 0 Å². The van der Waals surface area contributed by atoms with Gasteiger partial charge in [0.25, 0.3) is 0 Å². The zero-order valence-electron chi connectivity index (χ0n) is 11.4. The Hall–Kier alpha value is -1.62. The molecule has 2 rings (SSSR count). The monoisotopic (exact) mass is 262 g/mol. The molecule has 2 heterocycles. The van der Waals surface area contributed by atoms with Gasteiger partial charge in [0, 0.05) is 31.7 Å². The Morgan fingerprint density at radius 2 is 2.42 bits per heavy atom. The van der Waals surface area contributed by atoms with Crippen molar-refractivity contribution in [2.45, 2.75) is 19.8 Å². The fraction of sp³-hybridized carbons (Fsp3) is 0.571. The number of carbonyl (C=O) groups is 1. The molecule has 0 aromatic carbocycles. The lowest BCUT2D eigenvalue weighted by atomic mass is 10.1. The van der Waals surface area contributed by atoms with Gasteiger partial charge in [0.1, 0.15) is 5.82 Å². The number of nitrogens with zero attached hydrogens (tertiary/aromatic N) is 2. The van der Waals surface area contributed by atoms with Crippen molar-refractivity contribution in [3.63, 3.8) is 0 Å². The number of hydrogen-bond acceptors (Lipinski definition) is 4. The minimum Gasteiger partial charge on any atom is -0.370 e. The Kier molecular flexibility index (Phi) is 4.74. The third kappa shape index (κ3) is 4.52. The van der Waals surface area contributed by atoms with Crippen LogP contribution >= 0.6 is 0 Å². The molecule has 0 spiro atoms. The molecule has 1 aliphatic rings. The highest BCUT2D eigenvalue weighted by Crippen LogP contribution is 2.17. The summed E-state index contributed by atoms with van der Waals surface area (Å²) in [7, 11) is 0. The van der Waals surface area contributed by atoms with Gasteiger partial charge in [-0.15, -0.1) is 0 Å². The first kappa shape index (κ1) is 13.8. The van der Waals surface area contributed by atoms with E-state index in [2.05, 4.69) is 15.2 Å². The molecule has 0 aliphatic carbocycles. The molecule has 1 atom stereocenters. The van der Waals surface area contributed by atoms with Gasteiger partial charge in [-0.1, -0.05) is 6.07 Å². The van der Waals surface area contributed by atoms with E-state index >= 15 is 0 Å². The van der Waals surface area contributed by atoms with Crippen LogP contribution in [0.15, 0.2) is 18.2 Å². The minimum absolute atomic E-state index is 0.217. The highest BCUT2D eigenvalue weighted by atomic mass is 16.1. The van der Waals surface area contributed by atoms with Crippen molar-refractivity contribution in [1.29, 1.82) is 0 Å². The average Bonchev–Trinajstić information content (AvgIpc) is 2.82. The van der Waals surface area contributed by atoms with Gasteiger partial charge in [-0.05, 0) is 37.9 Å². The van der Waals surface area contributed by atoms with Crippen molar-refractivity contribution in [1.82, 2.24) is 9.88 Å². The van der Waals surface area contributed by atoms with Crippen LogP contribution in [0.25, 0.3) is 0 Å². The Bertz CT molecular complexity index is 435. The van der Waals surface area contributed by atoms with Gasteiger partial charge in [0.05, 0.1) is 0 Å². The van der Waals surface area contributed by atoms with Crippen LogP contribution in [0.3, 0.4) is 0 Å². The lowest BCUT2D eigenvalue weighted by molar-refractivity contribution is -0.118. The number of carbonyl (C=O) groups excluding carboxylic acids is 1.